The van der Waals surface area contributed by atoms with Crippen LogP contribution in [0.5, 0.6) is 5.75 Å². The molecule has 0 N–H and O–H groups in total. The van der Waals surface area contributed by atoms with Gasteiger partial charge in [0.1, 0.15) is 18.1 Å². The van der Waals surface area contributed by atoms with E-state index in [4.69, 9.17) is 9.15 Å². The molecule has 0 aromatic carbocycles. The SMILES string of the molecule is O=C1COc2cocc21. The van der Waals surface area contributed by atoms with Crippen LogP contribution in [0.3, 0.4) is 0 Å². The molecule has 0 fully saturated rings. The third-order valence-electron chi connectivity index (χ3n) is 1.29. The van der Waals surface area contributed by atoms with Gasteiger partial charge in [0.2, 0.25) is 5.78 Å². The van der Waals surface area contributed by atoms with Crippen LogP contribution >= 0.6 is 0 Å². The lowest BCUT2D eigenvalue weighted by atomic mass is 10.2. The topological polar surface area (TPSA) is 39.4 Å². The average molecular weight is 124 g/mol. The van der Waals surface area contributed by atoms with Crippen LogP contribution in [0.4, 0.5) is 0 Å². The first kappa shape index (κ1) is 4.61. The number of fused-ring (bicyclic) bond motifs is 1. The Balaban J connectivity index is 2.61. The van der Waals surface area contributed by atoms with Gasteiger partial charge in [0, 0.05) is 0 Å². The predicted octanol–water partition coefficient (Wildman–Crippen LogP) is 0.855. The standard InChI is InChI=1S/C6H4O3/c7-5-2-9-6-3-8-1-4(5)6/h1,3H,2H2. The molecule has 0 atom stereocenters. The van der Waals surface area contributed by atoms with Gasteiger partial charge < -0.3 is 9.15 Å². The minimum Gasteiger partial charge on any atom is -0.481 e. The van der Waals surface area contributed by atoms with Gasteiger partial charge in [0.25, 0.3) is 0 Å². The number of hydrogen-bond donors (Lipinski definition) is 0. The zero-order valence-corrected chi connectivity index (χ0v) is 4.59. The lowest BCUT2D eigenvalue weighted by Crippen LogP contribution is -1.98. The smallest absolute Gasteiger partial charge is 0.207 e. The molecule has 0 saturated heterocycles. The Morgan fingerprint density at radius 2 is 2.33 bits per heavy atom. The van der Waals surface area contributed by atoms with E-state index in [0.29, 0.717) is 11.3 Å². The molecule has 2 rings (SSSR count). The fraction of sp³-hybridized carbons (Fsp3) is 0.167. The predicted molar refractivity (Wildman–Crippen MR) is 28.5 cm³/mol. The first-order chi connectivity index (χ1) is 4.38. The van der Waals surface area contributed by atoms with E-state index in [1.165, 1.54) is 12.5 Å². The molecule has 46 valence electrons. The Morgan fingerprint density at radius 3 is 3.11 bits per heavy atom. The highest BCUT2D eigenvalue weighted by atomic mass is 16.5. The van der Waals surface area contributed by atoms with Crippen LogP contribution in [0.25, 0.3) is 0 Å². The van der Waals surface area contributed by atoms with Crippen molar-refractivity contribution in [2.75, 3.05) is 6.61 Å². The lowest BCUT2D eigenvalue weighted by molar-refractivity contribution is 0.0957. The minimum atomic E-state index is -0.00116. The van der Waals surface area contributed by atoms with Gasteiger partial charge >= 0.3 is 0 Å². The molecule has 1 aliphatic heterocycles. The molecular weight excluding hydrogens is 120 g/mol. The third kappa shape index (κ3) is 0.483. The maximum atomic E-state index is 10.7. The van der Waals surface area contributed by atoms with E-state index in [-0.39, 0.29) is 12.4 Å². The Morgan fingerprint density at radius 1 is 1.44 bits per heavy atom. The van der Waals surface area contributed by atoms with E-state index in [1.54, 1.807) is 0 Å². The van der Waals surface area contributed by atoms with Crippen LogP contribution in [0.1, 0.15) is 10.4 Å². The molecule has 0 unspecified atom stereocenters. The van der Waals surface area contributed by atoms with E-state index in [9.17, 15) is 4.79 Å². The van der Waals surface area contributed by atoms with Crippen LogP contribution in [0.2, 0.25) is 0 Å². The zero-order valence-electron chi connectivity index (χ0n) is 4.59. The van der Waals surface area contributed by atoms with Crippen molar-refractivity contribution in [3.63, 3.8) is 0 Å². The molecule has 0 bridgehead atoms. The lowest BCUT2D eigenvalue weighted by Gasteiger charge is -1.85. The first-order valence-electron chi connectivity index (χ1n) is 2.60. The van der Waals surface area contributed by atoms with Gasteiger partial charge in [-0.1, -0.05) is 0 Å². The van der Waals surface area contributed by atoms with Crippen LogP contribution < -0.4 is 4.74 Å². The van der Waals surface area contributed by atoms with Crippen molar-refractivity contribution in [2.45, 2.75) is 0 Å². The van der Waals surface area contributed by atoms with E-state index < -0.39 is 0 Å². The Bertz CT molecular complexity index is 249. The van der Waals surface area contributed by atoms with Crippen molar-refractivity contribution < 1.29 is 13.9 Å². The fourth-order valence-electron chi connectivity index (χ4n) is 0.821. The summed E-state index contributed by atoms with van der Waals surface area (Å²) < 4.78 is 9.62. The Hall–Kier alpha value is -1.25. The van der Waals surface area contributed by atoms with E-state index in [2.05, 4.69) is 0 Å². The Labute approximate surface area is 51.2 Å². The quantitative estimate of drug-likeness (QED) is 0.514. The van der Waals surface area contributed by atoms with Crippen LogP contribution in [-0.2, 0) is 0 Å². The number of rotatable bonds is 0. The summed E-state index contributed by atoms with van der Waals surface area (Å²) in [5.74, 6) is 0.568. The summed E-state index contributed by atoms with van der Waals surface area (Å²) in [5, 5.41) is 0. The minimum absolute atomic E-state index is 0.00116. The molecule has 0 radical (unpaired) electrons. The second-order valence-electron chi connectivity index (χ2n) is 1.86. The number of hydrogen-bond acceptors (Lipinski definition) is 3. The highest BCUT2D eigenvalue weighted by molar-refractivity contribution is 6.01. The second-order valence-corrected chi connectivity index (χ2v) is 1.86. The summed E-state index contributed by atoms with van der Waals surface area (Å²) in [6.07, 6.45) is 2.84. The van der Waals surface area contributed by atoms with Gasteiger partial charge in [-0.15, -0.1) is 0 Å². The van der Waals surface area contributed by atoms with Gasteiger partial charge in [-0.05, 0) is 0 Å². The number of carbonyl (C=O) groups is 1. The van der Waals surface area contributed by atoms with E-state index >= 15 is 0 Å². The molecule has 0 aliphatic carbocycles. The number of ether oxygens (including phenoxy) is 1. The molecule has 1 aromatic rings. The number of ketones is 1. The molecule has 3 nitrogen and oxygen atoms in total. The number of Topliss-reactive ketones (excluding diaryl/α,β-unsaturated/α-hetero) is 1. The van der Waals surface area contributed by atoms with E-state index in [0.717, 1.165) is 0 Å². The summed E-state index contributed by atoms with van der Waals surface area (Å²) in [4.78, 5) is 10.7. The molecule has 2 heterocycles. The number of furan rings is 1. The summed E-state index contributed by atoms with van der Waals surface area (Å²) >= 11 is 0. The first-order valence-corrected chi connectivity index (χ1v) is 2.60. The van der Waals surface area contributed by atoms with Gasteiger partial charge in [0.05, 0.1) is 0 Å². The van der Waals surface area contributed by atoms with Gasteiger partial charge in [-0.2, -0.15) is 0 Å². The van der Waals surface area contributed by atoms with Gasteiger partial charge in [0.15, 0.2) is 12.4 Å². The Kier molecular flexibility index (Phi) is 0.704. The third-order valence-corrected chi connectivity index (χ3v) is 1.29. The van der Waals surface area contributed by atoms with Crippen LogP contribution in [-0.4, -0.2) is 12.4 Å². The molecule has 1 aliphatic rings. The maximum absolute atomic E-state index is 10.7. The molecule has 3 heteroatoms. The molecule has 1 aromatic heterocycles. The highest BCUT2D eigenvalue weighted by Crippen LogP contribution is 2.25. The summed E-state index contributed by atoms with van der Waals surface area (Å²) in [5.41, 5.74) is 0.565. The van der Waals surface area contributed by atoms with Crippen molar-refractivity contribution in [1.82, 2.24) is 0 Å². The zero-order chi connectivity index (χ0) is 6.27. The number of carbonyl (C=O) groups excluding carboxylic acids is 1. The summed E-state index contributed by atoms with van der Waals surface area (Å²) in [6, 6.07) is 0. The van der Waals surface area contributed by atoms with Crippen molar-refractivity contribution >= 4 is 5.78 Å². The van der Waals surface area contributed by atoms with Crippen LogP contribution in [0.15, 0.2) is 16.9 Å². The normalized spacial score (nSPS) is 15.3. The van der Waals surface area contributed by atoms with E-state index in [1.807, 2.05) is 0 Å². The maximum Gasteiger partial charge on any atom is 0.207 e. The molecule has 0 saturated carbocycles. The van der Waals surface area contributed by atoms with Crippen molar-refractivity contribution in [1.29, 1.82) is 0 Å². The summed E-state index contributed by atoms with van der Waals surface area (Å²) in [6.45, 7) is 0.168. The fourth-order valence-corrected chi connectivity index (χ4v) is 0.821. The van der Waals surface area contributed by atoms with Crippen molar-refractivity contribution in [3.05, 3.63) is 18.1 Å². The largest absolute Gasteiger partial charge is 0.481 e. The monoisotopic (exact) mass is 124 g/mol. The van der Waals surface area contributed by atoms with Crippen LogP contribution in [0, 0.1) is 0 Å². The molecule has 0 amide bonds. The molecular formula is C6H4O3. The van der Waals surface area contributed by atoms with Crippen molar-refractivity contribution in [3.8, 4) is 5.75 Å². The highest BCUT2D eigenvalue weighted by Gasteiger charge is 2.22. The molecule has 0 spiro atoms. The van der Waals surface area contributed by atoms with Gasteiger partial charge in [-0.3, -0.25) is 4.79 Å². The van der Waals surface area contributed by atoms with Crippen molar-refractivity contribution in [2.24, 2.45) is 0 Å². The van der Waals surface area contributed by atoms with Gasteiger partial charge in [-0.25, -0.2) is 0 Å². The molecule has 9 heavy (non-hydrogen) atoms. The average Bonchev–Trinajstić information content (AvgIpc) is 2.35. The second kappa shape index (κ2) is 1.37. The summed E-state index contributed by atoms with van der Waals surface area (Å²) in [7, 11) is 0.